The minimum Gasteiger partial charge on any atom is -0.493 e. The Morgan fingerprint density at radius 1 is 1.25 bits per heavy atom. The first-order valence-corrected chi connectivity index (χ1v) is 5.88. The summed E-state index contributed by atoms with van der Waals surface area (Å²) in [6.45, 7) is 0. The lowest BCUT2D eigenvalue weighted by molar-refractivity contribution is 0.377. The minimum atomic E-state index is 0.340. The zero-order chi connectivity index (χ0) is 11.4. The van der Waals surface area contributed by atoms with Gasteiger partial charge in [-0.2, -0.15) is 0 Å². The molecule has 1 aromatic carbocycles. The van der Waals surface area contributed by atoms with Crippen molar-refractivity contribution in [2.75, 3.05) is 7.11 Å². The number of hydrogen-bond acceptors (Lipinski definition) is 5. The molecule has 0 atom stereocenters. The van der Waals surface area contributed by atoms with Gasteiger partial charge < -0.3 is 9.47 Å². The summed E-state index contributed by atoms with van der Waals surface area (Å²) >= 11 is 6.94. The first-order chi connectivity index (χ1) is 7.83. The van der Waals surface area contributed by atoms with Crippen molar-refractivity contribution in [3.63, 3.8) is 0 Å². The van der Waals surface area contributed by atoms with Crippen LogP contribution in [-0.2, 0) is 5.88 Å². The maximum Gasteiger partial charge on any atom is 0.299 e. The minimum absolute atomic E-state index is 0.340. The van der Waals surface area contributed by atoms with Gasteiger partial charge in [0.15, 0.2) is 11.5 Å². The van der Waals surface area contributed by atoms with E-state index >= 15 is 0 Å². The van der Waals surface area contributed by atoms with E-state index in [1.807, 2.05) is 18.2 Å². The molecule has 0 aliphatic heterocycles. The zero-order valence-electron chi connectivity index (χ0n) is 8.51. The van der Waals surface area contributed by atoms with E-state index in [1.165, 1.54) is 11.3 Å². The lowest BCUT2D eigenvalue weighted by Gasteiger charge is -2.06. The fraction of sp³-hybridized carbons (Fsp3) is 0.200. The Bertz CT molecular complexity index is 475. The molecule has 0 fully saturated rings. The molecule has 4 nitrogen and oxygen atoms in total. The van der Waals surface area contributed by atoms with Crippen LogP contribution >= 0.6 is 22.9 Å². The van der Waals surface area contributed by atoms with Gasteiger partial charge in [0.2, 0.25) is 0 Å². The van der Waals surface area contributed by atoms with Gasteiger partial charge in [0.1, 0.15) is 5.01 Å². The largest absolute Gasteiger partial charge is 0.493 e. The number of rotatable bonds is 4. The molecule has 2 rings (SSSR count). The third kappa shape index (κ3) is 2.43. The normalized spacial score (nSPS) is 10.1. The molecule has 0 amide bonds. The lowest BCUT2D eigenvalue weighted by atomic mass is 10.3. The molecule has 0 aliphatic carbocycles. The average Bonchev–Trinajstić information content (AvgIpc) is 2.77. The second-order valence-electron chi connectivity index (χ2n) is 2.85. The summed E-state index contributed by atoms with van der Waals surface area (Å²) in [6, 6.07) is 7.36. The molecule has 0 radical (unpaired) electrons. The predicted octanol–water partition coefficient (Wildman–Crippen LogP) is 3.08. The highest BCUT2D eigenvalue weighted by Gasteiger charge is 2.08. The van der Waals surface area contributed by atoms with Gasteiger partial charge in [0.05, 0.1) is 13.0 Å². The molecule has 0 bridgehead atoms. The monoisotopic (exact) mass is 256 g/mol. The van der Waals surface area contributed by atoms with Crippen LogP contribution in [0.5, 0.6) is 16.7 Å². The Labute approximate surface area is 102 Å². The maximum absolute atomic E-state index is 5.63. The first-order valence-electron chi connectivity index (χ1n) is 4.52. The van der Waals surface area contributed by atoms with E-state index in [0.717, 1.165) is 5.01 Å². The number of para-hydroxylation sites is 2. The van der Waals surface area contributed by atoms with Crippen molar-refractivity contribution in [1.82, 2.24) is 10.2 Å². The van der Waals surface area contributed by atoms with Gasteiger partial charge in [0.25, 0.3) is 5.19 Å². The molecule has 0 spiro atoms. The van der Waals surface area contributed by atoms with Crippen LogP contribution in [0.25, 0.3) is 0 Å². The van der Waals surface area contributed by atoms with E-state index < -0.39 is 0 Å². The number of methoxy groups -OCH3 is 1. The van der Waals surface area contributed by atoms with Crippen LogP contribution in [0, 0.1) is 0 Å². The molecule has 0 unspecified atom stereocenters. The fourth-order valence-corrected chi connectivity index (χ4v) is 1.90. The summed E-state index contributed by atoms with van der Waals surface area (Å²) in [7, 11) is 1.59. The summed E-state index contributed by atoms with van der Waals surface area (Å²) in [6.07, 6.45) is 0. The smallest absolute Gasteiger partial charge is 0.299 e. The van der Waals surface area contributed by atoms with Crippen LogP contribution in [0.3, 0.4) is 0 Å². The highest BCUT2D eigenvalue weighted by molar-refractivity contribution is 7.13. The van der Waals surface area contributed by atoms with E-state index in [-0.39, 0.29) is 0 Å². The summed E-state index contributed by atoms with van der Waals surface area (Å²) < 4.78 is 10.7. The van der Waals surface area contributed by atoms with E-state index in [1.54, 1.807) is 13.2 Å². The van der Waals surface area contributed by atoms with E-state index in [2.05, 4.69) is 10.2 Å². The van der Waals surface area contributed by atoms with Crippen molar-refractivity contribution in [3.05, 3.63) is 29.3 Å². The van der Waals surface area contributed by atoms with Crippen molar-refractivity contribution in [3.8, 4) is 16.7 Å². The van der Waals surface area contributed by atoms with Crippen molar-refractivity contribution in [1.29, 1.82) is 0 Å². The van der Waals surface area contributed by atoms with Gasteiger partial charge >= 0.3 is 0 Å². The van der Waals surface area contributed by atoms with Crippen LogP contribution in [0.15, 0.2) is 24.3 Å². The SMILES string of the molecule is COc1ccccc1Oc1nnc(CCl)s1. The third-order valence-electron chi connectivity index (χ3n) is 1.83. The number of halogens is 1. The molecular weight excluding hydrogens is 248 g/mol. The molecule has 2 aromatic rings. The van der Waals surface area contributed by atoms with Crippen LogP contribution in [0.4, 0.5) is 0 Å². The Morgan fingerprint density at radius 3 is 2.62 bits per heavy atom. The Kier molecular flexibility index (Phi) is 3.58. The standard InChI is InChI=1S/C10H9ClN2O2S/c1-14-7-4-2-3-5-8(7)15-10-13-12-9(6-11)16-10/h2-5H,6H2,1H3. The van der Waals surface area contributed by atoms with Crippen molar-refractivity contribution in [2.24, 2.45) is 0 Å². The fourth-order valence-electron chi connectivity index (χ4n) is 1.13. The molecule has 0 N–H and O–H groups in total. The second-order valence-corrected chi connectivity index (χ2v) is 4.14. The van der Waals surface area contributed by atoms with Gasteiger partial charge in [-0.15, -0.1) is 16.7 Å². The van der Waals surface area contributed by atoms with E-state index in [9.17, 15) is 0 Å². The van der Waals surface area contributed by atoms with Crippen LogP contribution < -0.4 is 9.47 Å². The molecule has 16 heavy (non-hydrogen) atoms. The molecular formula is C10H9ClN2O2S. The summed E-state index contributed by atoms with van der Waals surface area (Å²) in [5.41, 5.74) is 0. The Balaban J connectivity index is 2.19. The van der Waals surface area contributed by atoms with Gasteiger partial charge in [-0.3, -0.25) is 0 Å². The number of benzene rings is 1. The number of alkyl halides is 1. The number of aromatic nitrogens is 2. The number of nitrogens with zero attached hydrogens (tertiary/aromatic N) is 2. The van der Waals surface area contributed by atoms with Crippen molar-refractivity contribution >= 4 is 22.9 Å². The van der Waals surface area contributed by atoms with E-state index in [4.69, 9.17) is 21.1 Å². The summed E-state index contributed by atoms with van der Waals surface area (Å²) in [4.78, 5) is 0. The van der Waals surface area contributed by atoms with Gasteiger partial charge in [-0.1, -0.05) is 28.6 Å². The third-order valence-corrected chi connectivity index (χ3v) is 3.04. The molecule has 1 heterocycles. The molecule has 0 saturated heterocycles. The second kappa shape index (κ2) is 5.14. The zero-order valence-corrected chi connectivity index (χ0v) is 10.1. The molecule has 84 valence electrons. The molecule has 1 aromatic heterocycles. The van der Waals surface area contributed by atoms with Crippen LogP contribution in [-0.4, -0.2) is 17.3 Å². The summed E-state index contributed by atoms with van der Waals surface area (Å²) in [5.74, 6) is 1.61. The quantitative estimate of drug-likeness (QED) is 0.789. The summed E-state index contributed by atoms with van der Waals surface area (Å²) in [5, 5.41) is 8.91. The van der Waals surface area contributed by atoms with Crippen LogP contribution in [0.2, 0.25) is 0 Å². The van der Waals surface area contributed by atoms with Crippen molar-refractivity contribution < 1.29 is 9.47 Å². The highest BCUT2D eigenvalue weighted by atomic mass is 35.5. The number of hydrogen-bond donors (Lipinski definition) is 0. The molecule has 6 heteroatoms. The predicted molar refractivity (Wildman–Crippen MR) is 62.5 cm³/mol. The van der Waals surface area contributed by atoms with E-state index in [0.29, 0.717) is 22.6 Å². The van der Waals surface area contributed by atoms with Gasteiger partial charge in [-0.25, -0.2) is 0 Å². The Hall–Kier alpha value is -1.33. The Morgan fingerprint density at radius 2 is 2.00 bits per heavy atom. The maximum atomic E-state index is 5.63. The van der Waals surface area contributed by atoms with Crippen LogP contribution in [0.1, 0.15) is 5.01 Å². The van der Waals surface area contributed by atoms with Gasteiger partial charge in [-0.05, 0) is 12.1 Å². The topological polar surface area (TPSA) is 44.2 Å². The molecule has 0 saturated carbocycles. The number of ether oxygens (including phenoxy) is 2. The highest BCUT2D eigenvalue weighted by Crippen LogP contribution is 2.32. The van der Waals surface area contributed by atoms with Gasteiger partial charge in [0, 0.05) is 0 Å². The molecule has 0 aliphatic rings. The average molecular weight is 257 g/mol. The van der Waals surface area contributed by atoms with Crippen molar-refractivity contribution in [2.45, 2.75) is 5.88 Å². The lowest BCUT2D eigenvalue weighted by Crippen LogP contribution is -1.89. The first kappa shape index (κ1) is 11.2.